The maximum Gasteiger partial charge on any atom is 0.332 e. The fourth-order valence-electron chi connectivity index (χ4n) is 3.98. The van der Waals surface area contributed by atoms with Crippen molar-refractivity contribution in [1.82, 2.24) is 19.3 Å². The number of rotatable bonds is 6. The van der Waals surface area contributed by atoms with E-state index in [-0.39, 0.29) is 30.7 Å². The van der Waals surface area contributed by atoms with Crippen LogP contribution in [0.5, 0.6) is 0 Å². The first-order valence-corrected chi connectivity index (χ1v) is 11.4. The summed E-state index contributed by atoms with van der Waals surface area (Å²) < 4.78 is 7.66. The highest BCUT2D eigenvalue weighted by molar-refractivity contribution is 5.92. The van der Waals surface area contributed by atoms with Gasteiger partial charge in [0.1, 0.15) is 6.54 Å². The van der Waals surface area contributed by atoms with E-state index >= 15 is 0 Å². The number of hydrogen-bond acceptors (Lipinski definition) is 6. The molecule has 0 aliphatic heterocycles. The summed E-state index contributed by atoms with van der Waals surface area (Å²) >= 11 is 0. The second-order valence-electron chi connectivity index (χ2n) is 8.52. The number of aromatic nitrogens is 4. The molecule has 0 aliphatic carbocycles. The summed E-state index contributed by atoms with van der Waals surface area (Å²) in [6.07, 6.45) is 0. The number of amides is 1. The lowest BCUT2D eigenvalue weighted by atomic mass is 10.1. The van der Waals surface area contributed by atoms with Crippen LogP contribution in [0, 0.1) is 13.8 Å². The molecule has 0 saturated heterocycles. The van der Waals surface area contributed by atoms with Gasteiger partial charge < -0.3 is 9.84 Å². The monoisotopic (exact) mass is 481 g/mol. The van der Waals surface area contributed by atoms with Crippen LogP contribution in [0.2, 0.25) is 0 Å². The molecular weight excluding hydrogens is 458 g/mol. The molecule has 0 saturated carbocycles. The Balaban J connectivity index is 1.50. The molecule has 5 rings (SSSR count). The molecule has 3 aromatic carbocycles. The van der Waals surface area contributed by atoms with Crippen LogP contribution in [0.3, 0.4) is 0 Å². The van der Waals surface area contributed by atoms with Crippen LogP contribution in [0.25, 0.3) is 22.4 Å². The summed E-state index contributed by atoms with van der Waals surface area (Å²) in [5.74, 6) is 0.0794. The van der Waals surface area contributed by atoms with Crippen LogP contribution >= 0.6 is 0 Å². The fourth-order valence-corrected chi connectivity index (χ4v) is 3.98. The average Bonchev–Trinajstić information content (AvgIpc) is 3.35. The van der Waals surface area contributed by atoms with Crippen molar-refractivity contribution < 1.29 is 9.32 Å². The Bertz CT molecular complexity index is 1700. The van der Waals surface area contributed by atoms with E-state index in [4.69, 9.17) is 4.52 Å². The molecule has 0 atom stereocenters. The zero-order chi connectivity index (χ0) is 25.2. The van der Waals surface area contributed by atoms with Crippen LogP contribution in [0.15, 0.2) is 86.9 Å². The Hall–Kier alpha value is -4.79. The lowest BCUT2D eigenvalue weighted by molar-refractivity contribution is -0.116. The van der Waals surface area contributed by atoms with Crippen molar-refractivity contribution in [3.8, 4) is 11.5 Å². The lowest BCUT2D eigenvalue weighted by Gasteiger charge is -2.14. The molecule has 1 N–H and O–H groups in total. The van der Waals surface area contributed by atoms with Gasteiger partial charge in [-0.25, -0.2) is 4.79 Å². The van der Waals surface area contributed by atoms with Crippen LogP contribution in [0.4, 0.5) is 5.69 Å². The number of carbonyl (C=O) groups is 1. The van der Waals surface area contributed by atoms with Gasteiger partial charge in [0.15, 0.2) is 5.82 Å². The minimum absolute atomic E-state index is 0.177. The molecule has 0 radical (unpaired) electrons. The Morgan fingerprint density at radius 2 is 1.64 bits per heavy atom. The number of anilines is 1. The number of carbonyl (C=O) groups excluding carboxylic acids is 1. The molecular formula is C27H23N5O4. The summed E-state index contributed by atoms with van der Waals surface area (Å²) in [7, 11) is 0. The predicted molar refractivity (Wildman–Crippen MR) is 136 cm³/mol. The van der Waals surface area contributed by atoms with E-state index in [2.05, 4.69) is 15.5 Å². The highest BCUT2D eigenvalue weighted by Crippen LogP contribution is 2.18. The zero-order valence-corrected chi connectivity index (χ0v) is 19.8. The molecule has 0 fully saturated rings. The lowest BCUT2D eigenvalue weighted by Crippen LogP contribution is -2.42. The average molecular weight is 482 g/mol. The second-order valence-corrected chi connectivity index (χ2v) is 8.52. The van der Waals surface area contributed by atoms with E-state index in [0.717, 1.165) is 21.3 Å². The van der Waals surface area contributed by atoms with Crippen molar-refractivity contribution in [2.45, 2.75) is 26.9 Å². The van der Waals surface area contributed by atoms with Gasteiger partial charge in [-0.1, -0.05) is 53.2 Å². The van der Waals surface area contributed by atoms with Crippen molar-refractivity contribution in [1.29, 1.82) is 0 Å². The fraction of sp³-hybridized carbons (Fsp3) is 0.148. The van der Waals surface area contributed by atoms with E-state index in [1.807, 2.05) is 56.3 Å². The molecule has 2 aromatic heterocycles. The minimum Gasteiger partial charge on any atom is -0.334 e. The van der Waals surface area contributed by atoms with Crippen LogP contribution in [-0.2, 0) is 17.9 Å². The molecule has 0 aliphatic rings. The van der Waals surface area contributed by atoms with Crippen molar-refractivity contribution in [3.05, 3.63) is 111 Å². The first-order valence-electron chi connectivity index (χ1n) is 11.4. The Kier molecular flexibility index (Phi) is 6.03. The zero-order valence-electron chi connectivity index (χ0n) is 19.8. The normalized spacial score (nSPS) is 11.1. The molecule has 0 spiro atoms. The third kappa shape index (κ3) is 4.46. The van der Waals surface area contributed by atoms with E-state index in [1.165, 1.54) is 4.57 Å². The highest BCUT2D eigenvalue weighted by Gasteiger charge is 2.18. The molecule has 36 heavy (non-hydrogen) atoms. The summed E-state index contributed by atoms with van der Waals surface area (Å²) in [6.45, 7) is 3.39. The largest absolute Gasteiger partial charge is 0.334 e. The number of aryl methyl sites for hydroxylation is 2. The van der Waals surface area contributed by atoms with Crippen LogP contribution < -0.4 is 16.6 Å². The third-order valence-corrected chi connectivity index (χ3v) is 5.92. The van der Waals surface area contributed by atoms with Gasteiger partial charge >= 0.3 is 5.69 Å². The second kappa shape index (κ2) is 9.46. The topological polar surface area (TPSA) is 112 Å². The van der Waals surface area contributed by atoms with Crippen LogP contribution in [0.1, 0.15) is 17.0 Å². The maximum absolute atomic E-state index is 13.4. The van der Waals surface area contributed by atoms with Crippen LogP contribution in [-0.4, -0.2) is 25.2 Å². The number of benzene rings is 3. The molecule has 0 bridgehead atoms. The van der Waals surface area contributed by atoms with Crippen molar-refractivity contribution in [2.75, 3.05) is 5.32 Å². The van der Waals surface area contributed by atoms with E-state index in [9.17, 15) is 14.4 Å². The smallest absolute Gasteiger partial charge is 0.332 e. The van der Waals surface area contributed by atoms with Gasteiger partial charge in [-0.2, -0.15) is 4.98 Å². The maximum atomic E-state index is 13.4. The quantitative estimate of drug-likeness (QED) is 0.397. The molecule has 2 heterocycles. The summed E-state index contributed by atoms with van der Waals surface area (Å²) in [6, 6.07) is 21.6. The number of para-hydroxylation sites is 2. The first-order chi connectivity index (χ1) is 17.4. The van der Waals surface area contributed by atoms with Gasteiger partial charge in [-0.3, -0.25) is 18.7 Å². The van der Waals surface area contributed by atoms with Crippen molar-refractivity contribution in [2.24, 2.45) is 0 Å². The van der Waals surface area contributed by atoms with E-state index in [0.29, 0.717) is 16.6 Å². The SMILES string of the molecule is Cc1ccc(-c2nc(Cn3c(=O)c4ccccc4n(CC(=O)Nc4ccccc4C)c3=O)no2)cc1. The molecule has 1 amide bonds. The highest BCUT2D eigenvalue weighted by atomic mass is 16.5. The predicted octanol–water partition coefficient (Wildman–Crippen LogP) is 3.52. The number of hydrogen-bond donors (Lipinski definition) is 1. The van der Waals surface area contributed by atoms with Gasteiger partial charge in [0.25, 0.3) is 11.4 Å². The molecule has 5 aromatic rings. The number of nitrogens with one attached hydrogen (secondary N) is 1. The van der Waals surface area contributed by atoms with Crippen molar-refractivity contribution >= 4 is 22.5 Å². The minimum atomic E-state index is -0.639. The Labute approximate surface area is 205 Å². The summed E-state index contributed by atoms with van der Waals surface area (Å²) in [5.41, 5.74) is 2.62. The van der Waals surface area contributed by atoms with Gasteiger partial charge in [-0.15, -0.1) is 0 Å². The van der Waals surface area contributed by atoms with E-state index in [1.54, 1.807) is 30.3 Å². The Morgan fingerprint density at radius 1 is 0.917 bits per heavy atom. The van der Waals surface area contributed by atoms with Gasteiger partial charge in [0.05, 0.1) is 17.4 Å². The molecule has 0 unspecified atom stereocenters. The van der Waals surface area contributed by atoms with Gasteiger partial charge in [0.2, 0.25) is 5.91 Å². The Morgan fingerprint density at radius 3 is 2.42 bits per heavy atom. The summed E-state index contributed by atoms with van der Waals surface area (Å²) in [4.78, 5) is 43.9. The summed E-state index contributed by atoms with van der Waals surface area (Å²) in [5, 5.41) is 7.10. The van der Waals surface area contributed by atoms with Crippen molar-refractivity contribution in [3.63, 3.8) is 0 Å². The number of nitrogens with zero attached hydrogens (tertiary/aromatic N) is 4. The third-order valence-electron chi connectivity index (χ3n) is 5.92. The van der Waals surface area contributed by atoms with E-state index < -0.39 is 11.2 Å². The van der Waals surface area contributed by atoms with Gasteiger partial charge in [-0.05, 0) is 49.7 Å². The standard InChI is InChI=1S/C27H23N5O4/c1-17-11-13-19(14-12-17)25-29-23(30-36-25)15-32-26(34)20-8-4-6-10-22(20)31(27(32)35)16-24(33)28-21-9-5-3-7-18(21)2/h3-14H,15-16H2,1-2H3,(H,28,33). The molecule has 9 heteroatoms. The van der Waals surface area contributed by atoms with Gasteiger partial charge in [0, 0.05) is 11.3 Å². The number of fused-ring (bicyclic) bond motifs is 1. The molecule has 9 nitrogen and oxygen atoms in total. The first kappa shape index (κ1) is 23.0. The molecule has 180 valence electrons.